The van der Waals surface area contributed by atoms with Crippen LogP contribution in [-0.4, -0.2) is 25.1 Å². The summed E-state index contributed by atoms with van der Waals surface area (Å²) in [5.41, 5.74) is 1.62. The molecular formula is C22H24FN5O2S. The van der Waals surface area contributed by atoms with Crippen molar-refractivity contribution in [1.29, 1.82) is 0 Å². The molecule has 3 heterocycles. The average molecular weight is 442 g/mol. The van der Waals surface area contributed by atoms with Gasteiger partial charge in [0.25, 0.3) is 5.56 Å². The number of carbonyl (C=O) groups excluding carboxylic acids is 1. The zero-order valence-corrected chi connectivity index (χ0v) is 18.3. The zero-order valence-electron chi connectivity index (χ0n) is 17.5. The number of fused-ring (bicyclic) bond motifs is 3. The van der Waals surface area contributed by atoms with Gasteiger partial charge in [-0.1, -0.05) is 19.1 Å². The first kappa shape index (κ1) is 21.2. The average Bonchev–Trinajstić information content (AvgIpc) is 3.41. The molecule has 0 aliphatic rings. The lowest BCUT2D eigenvalue weighted by Gasteiger charge is -2.14. The molecule has 0 radical (unpaired) electrons. The van der Waals surface area contributed by atoms with E-state index in [2.05, 4.69) is 15.5 Å². The third kappa shape index (κ3) is 4.23. The number of halogens is 1. The van der Waals surface area contributed by atoms with Gasteiger partial charge in [-0.05, 0) is 48.9 Å². The van der Waals surface area contributed by atoms with Crippen molar-refractivity contribution in [2.45, 2.75) is 52.1 Å². The summed E-state index contributed by atoms with van der Waals surface area (Å²) in [5, 5.41) is 13.4. The number of benzene rings is 1. The number of aryl methyl sites for hydroxylation is 1. The molecular weight excluding hydrogens is 417 g/mol. The Morgan fingerprint density at radius 3 is 2.74 bits per heavy atom. The summed E-state index contributed by atoms with van der Waals surface area (Å²) < 4.78 is 17.3. The van der Waals surface area contributed by atoms with Crippen molar-refractivity contribution in [3.8, 4) is 0 Å². The predicted molar refractivity (Wildman–Crippen MR) is 119 cm³/mol. The van der Waals surface area contributed by atoms with Gasteiger partial charge < -0.3 is 5.32 Å². The Kier molecular flexibility index (Phi) is 6.13. The van der Waals surface area contributed by atoms with Gasteiger partial charge in [-0.15, -0.1) is 21.5 Å². The molecule has 0 unspecified atom stereocenters. The Labute approximate surface area is 182 Å². The first-order valence-corrected chi connectivity index (χ1v) is 11.2. The normalized spacial score (nSPS) is 12.5. The standard InChI is InChI=1S/C22H24FN5O2S/c1-3-14(2)27-21(30)20-17(11-12-31-20)28-18(25-26-22(27)28)5-4-6-19(29)24-13-15-7-9-16(23)10-8-15/h7-12,14H,3-6,13H2,1-2H3,(H,24,29)/t14-/m0/s1. The number of nitrogens with zero attached hydrogens (tertiary/aromatic N) is 4. The highest BCUT2D eigenvalue weighted by atomic mass is 32.1. The molecule has 162 valence electrons. The van der Waals surface area contributed by atoms with Gasteiger partial charge in [0.15, 0.2) is 0 Å². The van der Waals surface area contributed by atoms with E-state index in [9.17, 15) is 14.0 Å². The molecule has 1 atom stereocenters. The van der Waals surface area contributed by atoms with Crippen LogP contribution in [-0.2, 0) is 17.8 Å². The number of hydrogen-bond donors (Lipinski definition) is 1. The Hall–Kier alpha value is -3.07. The van der Waals surface area contributed by atoms with Gasteiger partial charge in [0, 0.05) is 25.4 Å². The Bertz CT molecular complexity index is 1280. The van der Waals surface area contributed by atoms with Crippen molar-refractivity contribution < 1.29 is 9.18 Å². The second-order valence-corrected chi connectivity index (χ2v) is 8.49. The fourth-order valence-corrected chi connectivity index (χ4v) is 4.40. The minimum atomic E-state index is -0.297. The SMILES string of the molecule is CC[C@H](C)n1c(=O)c2sccc2n2c(CCCC(=O)NCc3ccc(F)cc3)nnc12. The molecule has 4 aromatic rings. The van der Waals surface area contributed by atoms with Gasteiger partial charge in [0.1, 0.15) is 16.3 Å². The largest absolute Gasteiger partial charge is 0.352 e. The van der Waals surface area contributed by atoms with Crippen LogP contribution >= 0.6 is 11.3 Å². The van der Waals surface area contributed by atoms with E-state index < -0.39 is 0 Å². The summed E-state index contributed by atoms with van der Waals surface area (Å²) in [7, 11) is 0. The van der Waals surface area contributed by atoms with Crippen LogP contribution < -0.4 is 10.9 Å². The predicted octanol–water partition coefficient (Wildman–Crippen LogP) is 3.85. The Morgan fingerprint density at radius 1 is 1.23 bits per heavy atom. The van der Waals surface area contributed by atoms with Gasteiger partial charge in [0.2, 0.25) is 11.7 Å². The minimum Gasteiger partial charge on any atom is -0.352 e. The topological polar surface area (TPSA) is 81.3 Å². The van der Waals surface area contributed by atoms with E-state index in [0.29, 0.717) is 36.3 Å². The summed E-state index contributed by atoms with van der Waals surface area (Å²) in [6.07, 6.45) is 2.32. The lowest BCUT2D eigenvalue weighted by molar-refractivity contribution is -0.121. The van der Waals surface area contributed by atoms with Crippen molar-refractivity contribution in [2.75, 3.05) is 0 Å². The summed E-state index contributed by atoms with van der Waals surface area (Å²) in [6.45, 7) is 4.40. The second kappa shape index (κ2) is 8.97. The van der Waals surface area contributed by atoms with E-state index in [0.717, 1.165) is 23.3 Å². The van der Waals surface area contributed by atoms with Crippen LogP contribution in [0.1, 0.15) is 50.5 Å². The van der Waals surface area contributed by atoms with Gasteiger partial charge in [-0.25, -0.2) is 4.39 Å². The van der Waals surface area contributed by atoms with E-state index in [4.69, 9.17) is 0 Å². The molecule has 31 heavy (non-hydrogen) atoms. The molecule has 3 aromatic heterocycles. The highest BCUT2D eigenvalue weighted by Crippen LogP contribution is 2.23. The van der Waals surface area contributed by atoms with Gasteiger partial charge >= 0.3 is 0 Å². The molecule has 1 amide bonds. The highest BCUT2D eigenvalue weighted by Gasteiger charge is 2.19. The third-order valence-corrected chi connectivity index (χ3v) is 6.36. The van der Waals surface area contributed by atoms with Gasteiger partial charge in [-0.2, -0.15) is 0 Å². The van der Waals surface area contributed by atoms with Crippen molar-refractivity contribution in [3.05, 3.63) is 63.3 Å². The summed E-state index contributed by atoms with van der Waals surface area (Å²) in [5.74, 6) is 0.909. The van der Waals surface area contributed by atoms with Crippen LogP contribution in [0.5, 0.6) is 0 Å². The van der Waals surface area contributed by atoms with E-state index in [-0.39, 0.29) is 23.3 Å². The third-order valence-electron chi connectivity index (χ3n) is 5.47. The number of rotatable bonds is 8. The smallest absolute Gasteiger partial charge is 0.273 e. The maximum atomic E-state index is 13.0. The molecule has 1 aromatic carbocycles. The molecule has 0 aliphatic carbocycles. The molecule has 4 rings (SSSR count). The fraction of sp³-hybridized carbons (Fsp3) is 0.364. The Balaban J connectivity index is 1.48. The van der Waals surface area contributed by atoms with Crippen LogP contribution in [0, 0.1) is 5.82 Å². The molecule has 7 nitrogen and oxygen atoms in total. The van der Waals surface area contributed by atoms with Gasteiger partial charge in [-0.3, -0.25) is 18.6 Å². The number of hydrogen-bond acceptors (Lipinski definition) is 5. The van der Waals surface area contributed by atoms with Crippen molar-refractivity contribution >= 4 is 33.2 Å². The maximum Gasteiger partial charge on any atom is 0.273 e. The van der Waals surface area contributed by atoms with E-state index in [1.54, 1.807) is 16.7 Å². The van der Waals surface area contributed by atoms with E-state index >= 15 is 0 Å². The summed E-state index contributed by atoms with van der Waals surface area (Å²) >= 11 is 1.42. The number of amides is 1. The number of aromatic nitrogens is 4. The van der Waals surface area contributed by atoms with Crippen LogP contribution in [0.15, 0.2) is 40.5 Å². The molecule has 0 spiro atoms. The van der Waals surface area contributed by atoms with E-state index in [1.165, 1.54) is 23.5 Å². The van der Waals surface area contributed by atoms with Crippen LogP contribution in [0.25, 0.3) is 16.0 Å². The summed E-state index contributed by atoms with van der Waals surface area (Å²) in [4.78, 5) is 25.1. The first-order valence-electron chi connectivity index (χ1n) is 10.4. The zero-order chi connectivity index (χ0) is 22.0. The maximum absolute atomic E-state index is 13.0. The molecule has 1 N–H and O–H groups in total. The lowest BCUT2D eigenvalue weighted by atomic mass is 10.2. The molecule has 9 heteroatoms. The number of nitrogens with one attached hydrogen (secondary N) is 1. The molecule has 0 saturated carbocycles. The first-order chi connectivity index (χ1) is 15.0. The van der Waals surface area contributed by atoms with Crippen molar-refractivity contribution in [2.24, 2.45) is 0 Å². The Morgan fingerprint density at radius 2 is 2.00 bits per heavy atom. The minimum absolute atomic E-state index is 0.00999. The molecule has 0 fully saturated rings. The van der Waals surface area contributed by atoms with Gasteiger partial charge in [0.05, 0.1) is 5.52 Å². The molecule has 0 bridgehead atoms. The number of thiophene rings is 1. The highest BCUT2D eigenvalue weighted by molar-refractivity contribution is 7.17. The lowest BCUT2D eigenvalue weighted by Crippen LogP contribution is -2.25. The van der Waals surface area contributed by atoms with Crippen LogP contribution in [0.2, 0.25) is 0 Å². The number of carbonyl (C=O) groups is 1. The quantitative estimate of drug-likeness (QED) is 0.450. The van der Waals surface area contributed by atoms with Crippen LogP contribution in [0.4, 0.5) is 4.39 Å². The summed E-state index contributed by atoms with van der Waals surface area (Å²) in [6, 6.07) is 7.99. The molecule has 0 aliphatic heterocycles. The second-order valence-electron chi connectivity index (χ2n) is 7.58. The molecule has 0 saturated heterocycles. The van der Waals surface area contributed by atoms with E-state index in [1.807, 2.05) is 29.7 Å². The van der Waals surface area contributed by atoms with Crippen molar-refractivity contribution in [1.82, 2.24) is 24.5 Å². The fourth-order valence-electron chi connectivity index (χ4n) is 3.59. The van der Waals surface area contributed by atoms with Crippen LogP contribution in [0.3, 0.4) is 0 Å². The monoisotopic (exact) mass is 441 g/mol. The van der Waals surface area contributed by atoms with Crippen molar-refractivity contribution in [3.63, 3.8) is 0 Å².